The zero-order valence-corrected chi connectivity index (χ0v) is 33.4. The summed E-state index contributed by atoms with van der Waals surface area (Å²) < 4.78 is 6.73. The van der Waals surface area contributed by atoms with Crippen molar-refractivity contribution in [2.75, 3.05) is 0 Å². The van der Waals surface area contributed by atoms with E-state index < -0.39 is 0 Å². The fourth-order valence-corrected chi connectivity index (χ4v) is 9.08. The molecule has 61 heavy (non-hydrogen) atoms. The lowest BCUT2D eigenvalue weighted by Crippen LogP contribution is -1.97. The highest BCUT2D eigenvalue weighted by atomic mass is 35.5. The van der Waals surface area contributed by atoms with Crippen LogP contribution in [-0.2, 0) is 0 Å². The molecule has 9 aromatic carbocycles. The number of hydrogen-bond donors (Lipinski definition) is 1. The van der Waals surface area contributed by atoms with Gasteiger partial charge in [0.2, 0.25) is 5.28 Å². The fraction of sp³-hybridized carbons (Fsp3) is 0. The number of H-pyrrole nitrogens is 1. The minimum atomic E-state index is 0.158. The Balaban J connectivity index is 0.849. The van der Waals surface area contributed by atoms with Crippen molar-refractivity contribution >= 4 is 66.1 Å². The van der Waals surface area contributed by atoms with Gasteiger partial charge >= 0.3 is 0 Å². The monoisotopic (exact) mass is 800 g/mol. The summed E-state index contributed by atoms with van der Waals surface area (Å²) in [6.45, 7) is 0. The quantitative estimate of drug-likeness (QED) is 0.182. The zero-order valence-electron chi connectivity index (χ0n) is 32.6. The van der Waals surface area contributed by atoms with Crippen molar-refractivity contribution < 1.29 is 4.42 Å². The van der Waals surface area contributed by atoms with Crippen molar-refractivity contribution in [1.29, 1.82) is 0 Å². The molecule has 0 bridgehead atoms. The first kappa shape index (κ1) is 35.1. The van der Waals surface area contributed by atoms with Crippen LogP contribution in [0, 0.1) is 0 Å². The Labute approximate surface area is 355 Å². The van der Waals surface area contributed by atoms with Gasteiger partial charge in [0, 0.05) is 49.3 Å². The largest absolute Gasteiger partial charge is 0.455 e. The van der Waals surface area contributed by atoms with Crippen LogP contribution in [0.2, 0.25) is 5.28 Å². The number of rotatable bonds is 6. The minimum Gasteiger partial charge on any atom is -0.455 e. The fourth-order valence-electron chi connectivity index (χ4n) is 8.92. The molecule has 5 nitrogen and oxygen atoms in total. The molecular formula is C55H33ClN4O. The number of benzene rings is 9. The highest BCUT2D eigenvalue weighted by Gasteiger charge is 2.19. The number of para-hydroxylation sites is 3. The van der Waals surface area contributed by atoms with Gasteiger partial charge in [-0.1, -0.05) is 182 Å². The van der Waals surface area contributed by atoms with Crippen LogP contribution in [0.1, 0.15) is 0 Å². The molecule has 0 unspecified atom stereocenters. The van der Waals surface area contributed by atoms with Gasteiger partial charge in [-0.05, 0) is 67.9 Å². The molecule has 12 aromatic rings. The Hall–Kier alpha value is -7.86. The van der Waals surface area contributed by atoms with Gasteiger partial charge in [0.05, 0.1) is 5.52 Å². The second kappa shape index (κ2) is 14.2. The number of nitrogens with zero attached hydrogens (tertiary/aromatic N) is 3. The average Bonchev–Trinajstić information content (AvgIpc) is 3.91. The van der Waals surface area contributed by atoms with Crippen LogP contribution < -0.4 is 0 Å². The molecule has 0 aliphatic heterocycles. The molecule has 12 rings (SSSR count). The minimum absolute atomic E-state index is 0.158. The van der Waals surface area contributed by atoms with Gasteiger partial charge in [-0.25, -0.2) is 4.98 Å². The lowest BCUT2D eigenvalue weighted by Gasteiger charge is -2.10. The summed E-state index contributed by atoms with van der Waals surface area (Å²) in [6.07, 6.45) is 0. The zero-order chi connectivity index (χ0) is 40.4. The summed E-state index contributed by atoms with van der Waals surface area (Å²) in [5.41, 5.74) is 14.8. The molecule has 0 aliphatic carbocycles. The molecule has 6 heteroatoms. The summed E-state index contributed by atoms with van der Waals surface area (Å²) in [5.74, 6) is 1.07. The topological polar surface area (TPSA) is 67.6 Å². The number of aromatic nitrogens is 4. The molecule has 0 aliphatic rings. The van der Waals surface area contributed by atoms with Crippen LogP contribution in [0.5, 0.6) is 0 Å². The maximum atomic E-state index is 6.73. The molecule has 0 atom stereocenters. The molecule has 0 radical (unpaired) electrons. The lowest BCUT2D eigenvalue weighted by atomic mass is 9.93. The van der Waals surface area contributed by atoms with Crippen LogP contribution in [0.4, 0.5) is 0 Å². The van der Waals surface area contributed by atoms with Gasteiger partial charge in [-0.2, -0.15) is 9.97 Å². The van der Waals surface area contributed by atoms with Crippen molar-refractivity contribution in [3.63, 3.8) is 0 Å². The maximum Gasteiger partial charge on any atom is 0.226 e. The number of aromatic amines is 1. The Morgan fingerprint density at radius 1 is 0.361 bits per heavy atom. The molecule has 0 saturated heterocycles. The summed E-state index contributed by atoms with van der Waals surface area (Å²) in [7, 11) is 0. The normalized spacial score (nSPS) is 11.7. The van der Waals surface area contributed by atoms with Crippen molar-refractivity contribution in [3.05, 3.63) is 199 Å². The maximum absolute atomic E-state index is 6.73. The third-order valence-electron chi connectivity index (χ3n) is 11.9. The third-order valence-corrected chi connectivity index (χ3v) is 12.1. The standard InChI is InChI=1S/C55H33ClN4O/c56-55-59-53(38-27-21-34(22-28-38)33-9-2-1-3-10-33)58-54(60-55)39-29-23-36(24-30-39)35-19-25-37(26-20-35)40-12-6-13-43-41(40)31-32-49-50(43)47-17-8-16-46(52(47)61-49)45-15-7-14-44-42-11-4-5-18-48(42)57-51(44)45/h1-32,57H. The van der Waals surface area contributed by atoms with Crippen molar-refractivity contribution in [2.45, 2.75) is 0 Å². The molecule has 0 fully saturated rings. The summed E-state index contributed by atoms with van der Waals surface area (Å²) >= 11 is 6.44. The summed E-state index contributed by atoms with van der Waals surface area (Å²) in [4.78, 5) is 17.4. The Morgan fingerprint density at radius 3 is 1.57 bits per heavy atom. The number of halogens is 1. The molecule has 3 aromatic heterocycles. The smallest absolute Gasteiger partial charge is 0.226 e. The molecule has 0 spiro atoms. The van der Waals surface area contributed by atoms with Gasteiger partial charge in [-0.15, -0.1) is 0 Å². The predicted molar refractivity (Wildman–Crippen MR) is 252 cm³/mol. The predicted octanol–water partition coefficient (Wildman–Crippen LogP) is 15.2. The van der Waals surface area contributed by atoms with Crippen LogP contribution in [-0.4, -0.2) is 19.9 Å². The molecule has 286 valence electrons. The lowest BCUT2D eigenvalue weighted by molar-refractivity contribution is 0.670. The van der Waals surface area contributed by atoms with Crippen LogP contribution in [0.15, 0.2) is 199 Å². The van der Waals surface area contributed by atoms with E-state index in [4.69, 9.17) is 21.0 Å². The number of furan rings is 1. The van der Waals surface area contributed by atoms with E-state index >= 15 is 0 Å². The third kappa shape index (κ3) is 5.97. The number of nitrogens with one attached hydrogen (secondary N) is 1. The molecule has 0 amide bonds. The molecular weight excluding hydrogens is 768 g/mol. The second-order valence-electron chi connectivity index (χ2n) is 15.4. The van der Waals surface area contributed by atoms with E-state index in [1.807, 2.05) is 42.5 Å². The van der Waals surface area contributed by atoms with Gasteiger partial charge in [-0.3, -0.25) is 0 Å². The van der Waals surface area contributed by atoms with Crippen molar-refractivity contribution in [2.24, 2.45) is 0 Å². The van der Waals surface area contributed by atoms with Crippen LogP contribution in [0.3, 0.4) is 0 Å². The highest BCUT2D eigenvalue weighted by molar-refractivity contribution is 6.28. The first-order valence-corrected chi connectivity index (χ1v) is 20.7. The molecule has 0 saturated carbocycles. The Morgan fingerprint density at radius 2 is 0.885 bits per heavy atom. The molecule has 1 N–H and O–H groups in total. The first-order valence-electron chi connectivity index (χ1n) is 20.3. The van der Waals surface area contributed by atoms with Gasteiger partial charge in [0.15, 0.2) is 11.6 Å². The van der Waals surface area contributed by atoms with Crippen LogP contribution in [0.25, 0.3) is 122 Å². The number of fused-ring (bicyclic) bond motifs is 8. The van der Waals surface area contributed by atoms with Crippen molar-refractivity contribution in [1.82, 2.24) is 19.9 Å². The average molecular weight is 801 g/mol. The van der Waals surface area contributed by atoms with Gasteiger partial charge < -0.3 is 9.40 Å². The number of hydrogen-bond acceptors (Lipinski definition) is 4. The van der Waals surface area contributed by atoms with E-state index in [-0.39, 0.29) is 5.28 Å². The first-order chi connectivity index (χ1) is 30.1. The van der Waals surface area contributed by atoms with E-state index in [1.54, 1.807) is 0 Å². The SMILES string of the molecule is Clc1nc(-c2ccc(-c3ccccc3)cc2)nc(-c2ccc(-c3ccc(-c4cccc5c4ccc4oc6c(-c7cccc8c7[nH]c7ccccc78)cccc6c45)cc3)cc2)n1. The van der Waals surface area contributed by atoms with E-state index in [9.17, 15) is 0 Å². The van der Waals surface area contributed by atoms with Crippen molar-refractivity contribution in [3.8, 4) is 67.3 Å². The Bertz CT molecular complexity index is 3630. The van der Waals surface area contributed by atoms with E-state index in [0.717, 1.165) is 83.0 Å². The second-order valence-corrected chi connectivity index (χ2v) is 15.7. The van der Waals surface area contributed by atoms with Gasteiger partial charge in [0.25, 0.3) is 0 Å². The van der Waals surface area contributed by atoms with Gasteiger partial charge in [0.1, 0.15) is 11.2 Å². The van der Waals surface area contributed by atoms with E-state index in [2.05, 4.69) is 167 Å². The summed E-state index contributed by atoms with van der Waals surface area (Å²) in [5, 5.41) is 7.17. The molecule has 3 heterocycles. The summed E-state index contributed by atoms with van der Waals surface area (Å²) in [6, 6.07) is 67.9. The van der Waals surface area contributed by atoms with E-state index in [0.29, 0.717) is 11.6 Å². The Kier molecular flexibility index (Phi) is 8.15. The van der Waals surface area contributed by atoms with E-state index in [1.165, 1.54) is 27.1 Å². The highest BCUT2D eigenvalue weighted by Crippen LogP contribution is 2.43. The van der Waals surface area contributed by atoms with Crippen LogP contribution >= 0.6 is 11.6 Å².